The third kappa shape index (κ3) is 2.36. The van der Waals surface area contributed by atoms with Crippen LogP contribution in [0.4, 0.5) is 0 Å². The van der Waals surface area contributed by atoms with Crippen LogP contribution in [0.1, 0.15) is 50.0 Å². The lowest BCUT2D eigenvalue weighted by atomic mass is 9.67. The molecule has 0 radical (unpaired) electrons. The molecule has 0 bridgehead atoms. The van der Waals surface area contributed by atoms with Crippen LogP contribution < -0.4 is 0 Å². The Morgan fingerprint density at radius 3 is 2.82 bits per heavy atom. The van der Waals surface area contributed by atoms with E-state index in [0.29, 0.717) is 0 Å². The van der Waals surface area contributed by atoms with Crippen molar-refractivity contribution in [3.05, 3.63) is 16.6 Å². The first-order chi connectivity index (χ1) is 8.22. The van der Waals surface area contributed by atoms with Crippen molar-refractivity contribution in [1.82, 2.24) is 4.98 Å². The molecule has 1 heterocycles. The van der Waals surface area contributed by atoms with Crippen LogP contribution in [0.15, 0.2) is 11.7 Å². The van der Waals surface area contributed by atoms with E-state index in [2.05, 4.69) is 18.0 Å². The van der Waals surface area contributed by atoms with Crippen LogP contribution in [0.3, 0.4) is 0 Å². The van der Waals surface area contributed by atoms with Crippen molar-refractivity contribution < 1.29 is 5.11 Å². The van der Waals surface area contributed by atoms with Crippen LogP contribution in [0.5, 0.6) is 0 Å². The molecule has 1 atom stereocenters. The van der Waals surface area contributed by atoms with Gasteiger partial charge in [-0.25, -0.2) is 0 Å². The Bertz CT molecular complexity index is 388. The molecule has 1 fully saturated rings. The highest BCUT2D eigenvalue weighted by Crippen LogP contribution is 2.48. The first-order valence-electron chi connectivity index (χ1n) is 6.19. The lowest BCUT2D eigenvalue weighted by molar-refractivity contribution is 0.0266. The number of aromatic nitrogens is 1. The fraction of sp³-hybridized carbons (Fsp3) is 0.692. The van der Waals surface area contributed by atoms with Crippen molar-refractivity contribution in [2.75, 3.05) is 0 Å². The van der Waals surface area contributed by atoms with Gasteiger partial charge in [-0.2, -0.15) is 5.26 Å². The zero-order valence-electron chi connectivity index (χ0n) is 10.1. The third-order valence-electron chi connectivity index (χ3n) is 4.04. The molecule has 1 aromatic heterocycles. The lowest BCUT2D eigenvalue weighted by Crippen LogP contribution is -2.32. The average Bonchev–Trinajstić information content (AvgIpc) is 2.92. The number of hydrogen-bond donors (Lipinski definition) is 1. The molecule has 2 rings (SSSR count). The molecule has 1 aliphatic rings. The van der Waals surface area contributed by atoms with E-state index in [9.17, 15) is 10.4 Å². The minimum Gasteiger partial charge on any atom is -0.386 e. The summed E-state index contributed by atoms with van der Waals surface area (Å²) in [6.45, 7) is 2.20. The SMILES string of the molecule is CCC1CCC(C#N)(C(O)c2cncs2)CC1. The molecule has 3 nitrogen and oxygen atoms in total. The van der Waals surface area contributed by atoms with E-state index in [-0.39, 0.29) is 0 Å². The van der Waals surface area contributed by atoms with Gasteiger partial charge in [0, 0.05) is 6.20 Å². The molecule has 1 unspecified atom stereocenters. The zero-order valence-corrected chi connectivity index (χ0v) is 10.9. The fourth-order valence-corrected chi connectivity index (χ4v) is 3.40. The second kappa shape index (κ2) is 5.16. The van der Waals surface area contributed by atoms with Crippen LogP contribution in [0.2, 0.25) is 0 Å². The number of aliphatic hydroxyl groups is 1. The van der Waals surface area contributed by atoms with Gasteiger partial charge >= 0.3 is 0 Å². The van der Waals surface area contributed by atoms with Crippen molar-refractivity contribution in [3.8, 4) is 6.07 Å². The fourth-order valence-electron chi connectivity index (χ4n) is 2.68. The van der Waals surface area contributed by atoms with Crippen LogP contribution in [-0.2, 0) is 0 Å². The smallest absolute Gasteiger partial charge is 0.108 e. The molecular formula is C13H18N2OS. The summed E-state index contributed by atoms with van der Waals surface area (Å²) in [5.74, 6) is 0.727. The predicted molar refractivity (Wildman–Crippen MR) is 67.4 cm³/mol. The molecule has 0 amide bonds. The molecule has 1 N–H and O–H groups in total. The summed E-state index contributed by atoms with van der Waals surface area (Å²) in [4.78, 5) is 4.80. The molecule has 1 saturated carbocycles. The number of nitriles is 1. The summed E-state index contributed by atoms with van der Waals surface area (Å²) >= 11 is 1.43. The maximum atomic E-state index is 10.4. The maximum absolute atomic E-state index is 10.4. The number of rotatable bonds is 3. The Hall–Kier alpha value is -0.920. The van der Waals surface area contributed by atoms with Gasteiger partial charge in [-0.05, 0) is 31.6 Å². The molecule has 0 spiro atoms. The number of thiazole rings is 1. The Balaban J connectivity index is 2.14. The molecule has 0 saturated heterocycles. The Kier molecular flexibility index (Phi) is 3.80. The lowest BCUT2D eigenvalue weighted by Gasteiger charge is -2.37. The quantitative estimate of drug-likeness (QED) is 0.895. The molecular weight excluding hydrogens is 232 g/mol. The van der Waals surface area contributed by atoms with Gasteiger partial charge in [-0.3, -0.25) is 4.98 Å². The van der Waals surface area contributed by atoms with E-state index < -0.39 is 11.5 Å². The van der Waals surface area contributed by atoms with Gasteiger partial charge in [0.25, 0.3) is 0 Å². The summed E-state index contributed by atoms with van der Waals surface area (Å²) in [6, 6.07) is 2.38. The van der Waals surface area contributed by atoms with E-state index >= 15 is 0 Å². The van der Waals surface area contributed by atoms with Gasteiger partial charge in [0.1, 0.15) is 6.10 Å². The highest BCUT2D eigenvalue weighted by Gasteiger charge is 2.42. The second-order valence-electron chi connectivity index (χ2n) is 4.93. The third-order valence-corrected chi connectivity index (χ3v) is 4.87. The van der Waals surface area contributed by atoms with E-state index in [4.69, 9.17) is 0 Å². The molecule has 92 valence electrons. The first kappa shape index (κ1) is 12.5. The molecule has 17 heavy (non-hydrogen) atoms. The van der Waals surface area contributed by atoms with E-state index in [1.807, 2.05) is 0 Å². The molecule has 4 heteroatoms. The Labute approximate surface area is 106 Å². The van der Waals surface area contributed by atoms with Gasteiger partial charge in [0.2, 0.25) is 0 Å². The first-order valence-corrected chi connectivity index (χ1v) is 7.07. The van der Waals surface area contributed by atoms with Crippen molar-refractivity contribution in [1.29, 1.82) is 5.26 Å². The van der Waals surface area contributed by atoms with Crippen molar-refractivity contribution in [2.45, 2.75) is 45.1 Å². The predicted octanol–water partition coefficient (Wildman–Crippen LogP) is 3.29. The van der Waals surface area contributed by atoms with Crippen molar-refractivity contribution in [2.24, 2.45) is 11.3 Å². The Morgan fingerprint density at radius 1 is 1.65 bits per heavy atom. The van der Waals surface area contributed by atoms with Gasteiger partial charge in [-0.1, -0.05) is 13.3 Å². The minimum atomic E-state index is -0.669. The number of nitrogens with zero attached hydrogens (tertiary/aromatic N) is 2. The minimum absolute atomic E-state index is 0.585. The van der Waals surface area contributed by atoms with Crippen LogP contribution in [-0.4, -0.2) is 10.1 Å². The standard InChI is InChI=1S/C13H18N2OS/c1-2-10-3-5-13(8-14,6-4-10)12(16)11-7-15-9-17-11/h7,9-10,12,16H,2-6H2,1H3. The van der Waals surface area contributed by atoms with E-state index in [1.165, 1.54) is 17.8 Å². The van der Waals surface area contributed by atoms with Gasteiger partial charge < -0.3 is 5.11 Å². The van der Waals surface area contributed by atoms with Crippen molar-refractivity contribution >= 4 is 11.3 Å². The summed E-state index contributed by atoms with van der Waals surface area (Å²) in [6.07, 6.45) is 5.92. The van der Waals surface area contributed by atoms with Crippen LogP contribution in [0, 0.1) is 22.7 Å². The molecule has 0 aliphatic heterocycles. The zero-order chi connectivity index (χ0) is 12.3. The highest BCUT2D eigenvalue weighted by molar-refractivity contribution is 7.09. The van der Waals surface area contributed by atoms with E-state index in [0.717, 1.165) is 36.5 Å². The molecule has 0 aromatic carbocycles. The van der Waals surface area contributed by atoms with Crippen LogP contribution in [0.25, 0.3) is 0 Å². The van der Waals surface area contributed by atoms with Gasteiger partial charge in [-0.15, -0.1) is 11.3 Å². The van der Waals surface area contributed by atoms with E-state index in [1.54, 1.807) is 11.7 Å². The number of hydrogen-bond acceptors (Lipinski definition) is 4. The number of aliphatic hydroxyl groups excluding tert-OH is 1. The van der Waals surface area contributed by atoms with Crippen molar-refractivity contribution in [3.63, 3.8) is 0 Å². The van der Waals surface area contributed by atoms with Gasteiger partial charge in [0.05, 0.1) is 21.9 Å². The largest absolute Gasteiger partial charge is 0.386 e. The second-order valence-corrected chi connectivity index (χ2v) is 5.84. The van der Waals surface area contributed by atoms with Gasteiger partial charge in [0.15, 0.2) is 0 Å². The summed E-state index contributed by atoms with van der Waals surface area (Å²) in [5, 5.41) is 19.8. The average molecular weight is 250 g/mol. The summed E-state index contributed by atoms with van der Waals surface area (Å²) in [5.41, 5.74) is 1.12. The summed E-state index contributed by atoms with van der Waals surface area (Å²) < 4.78 is 0. The monoisotopic (exact) mass is 250 g/mol. The molecule has 1 aromatic rings. The Morgan fingerprint density at radius 2 is 2.35 bits per heavy atom. The summed E-state index contributed by atoms with van der Waals surface area (Å²) in [7, 11) is 0. The maximum Gasteiger partial charge on any atom is 0.108 e. The normalized spacial score (nSPS) is 30.8. The topological polar surface area (TPSA) is 56.9 Å². The molecule has 1 aliphatic carbocycles. The highest BCUT2D eigenvalue weighted by atomic mass is 32.1. The van der Waals surface area contributed by atoms with Crippen LogP contribution >= 0.6 is 11.3 Å².